The number of fused-ring (bicyclic) bond motifs is 1. The van der Waals surface area contributed by atoms with Gasteiger partial charge in [-0.3, -0.25) is 13.9 Å². The molecule has 1 saturated heterocycles. The Hall–Kier alpha value is -1.03. The Morgan fingerprint density at radius 3 is 2.61 bits per heavy atom. The number of ether oxygens (including phenoxy) is 1. The van der Waals surface area contributed by atoms with Crippen LogP contribution >= 0.6 is 31.6 Å². The molecule has 3 heterocycles. The van der Waals surface area contributed by atoms with E-state index >= 15 is 0 Å². The summed E-state index contributed by atoms with van der Waals surface area (Å²) in [5.41, 5.74) is -0.617. The molecule has 15 nitrogen and oxygen atoms in total. The van der Waals surface area contributed by atoms with E-state index in [4.69, 9.17) is 14.5 Å². The zero-order chi connectivity index (χ0) is 20.9. The van der Waals surface area contributed by atoms with Gasteiger partial charge in [0.05, 0.1) is 12.9 Å². The molecule has 3 rings (SSSR count). The molecule has 0 aromatic carbocycles. The fourth-order valence-electron chi connectivity index (χ4n) is 2.52. The molecule has 1 aliphatic rings. The summed E-state index contributed by atoms with van der Waals surface area (Å²) in [4.78, 5) is 48.4. The van der Waals surface area contributed by atoms with Crippen LogP contribution in [0, 0.1) is 0 Å². The number of phosphoric acid groups is 2. The average molecular weight is 507 g/mol. The Bertz CT molecular complexity index is 1040. The fraction of sp³-hybridized carbons (Fsp3) is 0.500. The average Bonchev–Trinajstić information content (AvgIpc) is 3.02. The summed E-state index contributed by atoms with van der Waals surface area (Å²) in [5.74, 6) is 0. The minimum absolute atomic E-state index is 0.0195. The molecule has 0 spiro atoms. The van der Waals surface area contributed by atoms with Crippen molar-refractivity contribution in [2.75, 3.05) is 6.61 Å². The highest BCUT2D eigenvalue weighted by molar-refractivity contribution is 9.10. The maximum Gasteiger partial charge on any atom is 0.481 e. The third-order valence-corrected chi connectivity index (χ3v) is 6.35. The number of nitrogens with one attached hydrogen (secondary N) is 1. The molecular formula is C10H13BrN4O11P2. The van der Waals surface area contributed by atoms with Crippen molar-refractivity contribution in [1.29, 1.82) is 0 Å². The molecule has 2 aromatic heterocycles. The van der Waals surface area contributed by atoms with Crippen LogP contribution < -0.4 is 5.56 Å². The smallest absolute Gasteiger partial charge is 0.387 e. The van der Waals surface area contributed by atoms with Crippen molar-refractivity contribution in [3.05, 3.63) is 21.4 Å². The molecule has 5 atom stereocenters. The van der Waals surface area contributed by atoms with Gasteiger partial charge in [0.25, 0.3) is 5.56 Å². The Kier molecular flexibility index (Phi) is 5.93. The van der Waals surface area contributed by atoms with E-state index in [1.807, 2.05) is 0 Å². The van der Waals surface area contributed by atoms with Crippen LogP contribution in [0.3, 0.4) is 0 Å². The number of imidazole rings is 1. The van der Waals surface area contributed by atoms with Crippen LogP contribution in [0.25, 0.3) is 11.2 Å². The van der Waals surface area contributed by atoms with E-state index in [1.54, 1.807) is 0 Å². The maximum atomic E-state index is 11.8. The Morgan fingerprint density at radius 2 is 1.96 bits per heavy atom. The van der Waals surface area contributed by atoms with Crippen molar-refractivity contribution in [3.8, 4) is 0 Å². The second-order valence-electron chi connectivity index (χ2n) is 5.54. The zero-order valence-corrected chi connectivity index (χ0v) is 16.8. The Balaban J connectivity index is 1.81. The van der Waals surface area contributed by atoms with E-state index in [0.717, 1.165) is 6.33 Å². The number of nitrogens with zero attached hydrogens (tertiary/aromatic N) is 3. The Morgan fingerprint density at radius 1 is 1.29 bits per heavy atom. The number of H-pyrrole nitrogens is 1. The monoisotopic (exact) mass is 506 g/mol. The standard InChI is InChI=1S/C10H13BrN4O11P2/c11-10-14-4-7(12-2-13-8(4)18)15(10)9-6(17)5(16)3(25-9)1-24-28(22,23)26-27(19,20)21/h2-3,5-6,9,16-17H,1H2,(H,22,23)(H,12,13,18)(H2,19,20,21)/t3-,5-,6-,9-/m1/s1. The van der Waals surface area contributed by atoms with Crippen molar-refractivity contribution in [1.82, 2.24) is 19.5 Å². The highest BCUT2D eigenvalue weighted by atomic mass is 79.9. The third kappa shape index (κ3) is 4.42. The number of hydrogen-bond donors (Lipinski definition) is 6. The normalized spacial score (nSPS) is 27.9. The molecule has 1 fully saturated rings. The summed E-state index contributed by atoms with van der Waals surface area (Å²) in [5, 5.41) is 20.4. The molecule has 0 aliphatic carbocycles. The van der Waals surface area contributed by atoms with Gasteiger partial charge in [0.15, 0.2) is 22.1 Å². The Labute approximate surface area is 162 Å². The van der Waals surface area contributed by atoms with Crippen molar-refractivity contribution >= 4 is 42.7 Å². The number of aromatic amines is 1. The number of phosphoric ester groups is 1. The van der Waals surface area contributed by atoms with Crippen molar-refractivity contribution < 1.29 is 47.6 Å². The maximum absolute atomic E-state index is 11.8. The molecule has 18 heteroatoms. The molecule has 0 bridgehead atoms. The summed E-state index contributed by atoms with van der Waals surface area (Å²) >= 11 is 3.09. The molecule has 156 valence electrons. The lowest BCUT2D eigenvalue weighted by Crippen LogP contribution is -2.33. The van der Waals surface area contributed by atoms with Gasteiger partial charge < -0.3 is 34.6 Å². The van der Waals surface area contributed by atoms with Crippen molar-refractivity contribution in [2.45, 2.75) is 24.5 Å². The fourth-order valence-corrected chi connectivity index (χ4v) is 4.67. The SMILES string of the molecule is O=c1[nH]cnc2c1nc(Br)n2[C@@H]1O[C@H](COP(=O)(O)OP(=O)(O)O)[C@@H](O)[C@H]1O. The number of rotatable bonds is 6. The van der Waals surface area contributed by atoms with Gasteiger partial charge >= 0.3 is 15.6 Å². The summed E-state index contributed by atoms with van der Waals surface area (Å²) < 4.78 is 36.8. The summed E-state index contributed by atoms with van der Waals surface area (Å²) in [6, 6.07) is 0. The lowest BCUT2D eigenvalue weighted by Gasteiger charge is -2.18. The minimum atomic E-state index is -5.32. The van der Waals surface area contributed by atoms with Crippen molar-refractivity contribution in [3.63, 3.8) is 0 Å². The molecule has 6 N–H and O–H groups in total. The first-order valence-electron chi connectivity index (χ1n) is 7.26. The van der Waals surface area contributed by atoms with Crippen LogP contribution in [0.4, 0.5) is 0 Å². The highest BCUT2D eigenvalue weighted by Gasteiger charge is 2.46. The largest absolute Gasteiger partial charge is 0.481 e. The second kappa shape index (κ2) is 7.66. The first kappa shape index (κ1) is 21.7. The zero-order valence-electron chi connectivity index (χ0n) is 13.4. The van der Waals surface area contributed by atoms with Crippen LogP contribution in [-0.4, -0.2) is 69.3 Å². The summed E-state index contributed by atoms with van der Waals surface area (Å²) in [6.45, 7) is -0.860. The number of aliphatic hydroxyl groups excluding tert-OH is 2. The lowest BCUT2D eigenvalue weighted by atomic mass is 10.1. The third-order valence-electron chi connectivity index (χ3n) is 3.64. The van der Waals surface area contributed by atoms with Gasteiger partial charge in [0.2, 0.25) is 0 Å². The predicted octanol–water partition coefficient (Wildman–Crippen LogP) is -1.27. The molecule has 1 unspecified atom stereocenters. The van der Waals surface area contributed by atoms with Gasteiger partial charge in [0.1, 0.15) is 18.3 Å². The van der Waals surface area contributed by atoms with Crippen LogP contribution in [0.1, 0.15) is 6.23 Å². The summed E-state index contributed by atoms with van der Waals surface area (Å²) in [6.07, 6.45) is -4.85. The number of aromatic nitrogens is 4. The molecule has 2 aromatic rings. The quantitative estimate of drug-likeness (QED) is 0.198. The number of hydrogen-bond acceptors (Lipinski definition) is 10. The van der Waals surface area contributed by atoms with Gasteiger partial charge in [-0.1, -0.05) is 0 Å². The van der Waals surface area contributed by atoms with Crippen LogP contribution in [-0.2, 0) is 22.7 Å². The lowest BCUT2D eigenvalue weighted by molar-refractivity contribution is -0.0513. The second-order valence-corrected chi connectivity index (χ2v) is 9.08. The van der Waals surface area contributed by atoms with Gasteiger partial charge in [-0.25, -0.2) is 19.1 Å². The predicted molar refractivity (Wildman–Crippen MR) is 90.7 cm³/mol. The van der Waals surface area contributed by atoms with E-state index in [2.05, 4.69) is 39.7 Å². The van der Waals surface area contributed by atoms with Gasteiger partial charge in [-0.05, 0) is 15.9 Å². The van der Waals surface area contributed by atoms with E-state index in [-0.39, 0.29) is 15.9 Å². The van der Waals surface area contributed by atoms with Gasteiger partial charge in [-0.15, -0.1) is 0 Å². The van der Waals surface area contributed by atoms with Gasteiger partial charge in [-0.2, -0.15) is 4.31 Å². The van der Waals surface area contributed by atoms with E-state index in [0.29, 0.717) is 0 Å². The molecule has 0 saturated carbocycles. The first-order valence-corrected chi connectivity index (χ1v) is 11.1. The molecule has 0 amide bonds. The first-order chi connectivity index (χ1) is 12.9. The van der Waals surface area contributed by atoms with Crippen LogP contribution in [0.5, 0.6) is 0 Å². The van der Waals surface area contributed by atoms with Crippen LogP contribution in [0.15, 0.2) is 15.9 Å². The van der Waals surface area contributed by atoms with Crippen LogP contribution in [0.2, 0.25) is 0 Å². The van der Waals surface area contributed by atoms with Gasteiger partial charge in [0, 0.05) is 0 Å². The molecule has 1 aliphatic heterocycles. The van der Waals surface area contributed by atoms with E-state index in [9.17, 15) is 29.0 Å². The van der Waals surface area contributed by atoms with E-state index in [1.165, 1.54) is 4.57 Å². The van der Waals surface area contributed by atoms with E-state index < -0.39 is 52.4 Å². The minimum Gasteiger partial charge on any atom is -0.387 e. The molecule has 28 heavy (non-hydrogen) atoms. The molecule has 0 radical (unpaired) electrons. The number of aliphatic hydroxyl groups is 2. The van der Waals surface area contributed by atoms with Crippen molar-refractivity contribution in [2.24, 2.45) is 0 Å². The topological polar surface area (TPSA) is 227 Å². The highest BCUT2D eigenvalue weighted by Crippen LogP contribution is 2.57. The number of halogens is 1. The summed E-state index contributed by atoms with van der Waals surface area (Å²) in [7, 11) is -10.5. The molecular weight excluding hydrogens is 494 g/mol.